The SMILES string of the molecule is COc1cccc2c1N(Cc1cccs1)C(N)N(Cc1ccccc1)C2N. The lowest BCUT2D eigenvalue weighted by atomic mass is 10.0. The number of ether oxygens (including phenoxy) is 1. The Morgan fingerprint density at radius 2 is 1.78 bits per heavy atom. The van der Waals surface area contributed by atoms with E-state index in [9.17, 15) is 0 Å². The van der Waals surface area contributed by atoms with Crippen LogP contribution in [0.4, 0.5) is 5.69 Å². The number of thiophene rings is 1. The molecule has 2 unspecified atom stereocenters. The molecule has 0 fully saturated rings. The molecule has 0 aliphatic carbocycles. The van der Waals surface area contributed by atoms with Crippen LogP contribution in [0.3, 0.4) is 0 Å². The summed E-state index contributed by atoms with van der Waals surface area (Å²) in [7, 11) is 1.69. The second-order valence-corrected chi connectivity index (χ2v) is 7.65. The summed E-state index contributed by atoms with van der Waals surface area (Å²) in [5.74, 6) is 0.800. The van der Waals surface area contributed by atoms with Crippen LogP contribution in [-0.4, -0.2) is 18.3 Å². The first-order valence-electron chi connectivity index (χ1n) is 8.96. The molecule has 0 radical (unpaired) electrons. The summed E-state index contributed by atoms with van der Waals surface area (Å²) in [6.45, 7) is 1.39. The quantitative estimate of drug-likeness (QED) is 0.709. The number of hydrogen-bond acceptors (Lipinski definition) is 6. The van der Waals surface area contributed by atoms with Gasteiger partial charge in [0.1, 0.15) is 12.0 Å². The molecule has 1 aliphatic rings. The summed E-state index contributed by atoms with van der Waals surface area (Å²) >= 11 is 1.72. The Balaban J connectivity index is 1.75. The van der Waals surface area contributed by atoms with Gasteiger partial charge in [0.2, 0.25) is 0 Å². The van der Waals surface area contributed by atoms with Gasteiger partial charge in [-0.3, -0.25) is 5.73 Å². The van der Waals surface area contributed by atoms with Gasteiger partial charge in [-0.05, 0) is 23.1 Å². The Hall–Kier alpha value is -2.38. The highest BCUT2D eigenvalue weighted by atomic mass is 32.1. The smallest absolute Gasteiger partial charge is 0.142 e. The van der Waals surface area contributed by atoms with Crippen LogP contribution in [0.5, 0.6) is 5.75 Å². The fraction of sp³-hybridized carbons (Fsp3) is 0.238. The molecule has 0 spiro atoms. The highest BCUT2D eigenvalue weighted by Crippen LogP contribution is 2.42. The average molecular weight is 381 g/mol. The van der Waals surface area contributed by atoms with Crippen LogP contribution >= 0.6 is 11.3 Å². The summed E-state index contributed by atoms with van der Waals surface area (Å²) in [4.78, 5) is 5.56. The Bertz CT molecular complexity index is 884. The van der Waals surface area contributed by atoms with Crippen LogP contribution in [0.15, 0.2) is 66.0 Å². The summed E-state index contributed by atoms with van der Waals surface area (Å²) in [5.41, 5.74) is 16.6. The number of nitrogens with two attached hydrogens (primary N) is 2. The third-order valence-electron chi connectivity index (χ3n) is 4.99. The zero-order valence-electron chi connectivity index (χ0n) is 15.3. The third kappa shape index (κ3) is 3.44. The zero-order chi connectivity index (χ0) is 18.8. The van der Waals surface area contributed by atoms with Crippen molar-refractivity contribution in [1.29, 1.82) is 0 Å². The van der Waals surface area contributed by atoms with E-state index in [1.165, 1.54) is 10.4 Å². The van der Waals surface area contributed by atoms with Crippen molar-refractivity contribution < 1.29 is 4.74 Å². The van der Waals surface area contributed by atoms with Crippen molar-refractivity contribution in [3.8, 4) is 5.75 Å². The molecular weight excluding hydrogens is 356 g/mol. The van der Waals surface area contributed by atoms with E-state index < -0.39 is 0 Å². The maximum atomic E-state index is 6.74. The van der Waals surface area contributed by atoms with Crippen LogP contribution in [0.25, 0.3) is 0 Å². The molecule has 2 aromatic carbocycles. The Kier molecular flexibility index (Phi) is 5.13. The van der Waals surface area contributed by atoms with E-state index in [1.54, 1.807) is 18.4 Å². The van der Waals surface area contributed by atoms with Crippen LogP contribution in [0.2, 0.25) is 0 Å². The number of rotatable bonds is 5. The van der Waals surface area contributed by atoms with Gasteiger partial charge in [0, 0.05) is 17.0 Å². The number of para-hydroxylation sites is 1. The molecule has 4 rings (SSSR count). The summed E-state index contributed by atoms with van der Waals surface area (Å²) in [6, 6.07) is 20.5. The van der Waals surface area contributed by atoms with Crippen molar-refractivity contribution in [1.82, 2.24) is 4.90 Å². The first-order valence-corrected chi connectivity index (χ1v) is 9.84. The van der Waals surface area contributed by atoms with E-state index in [2.05, 4.69) is 45.5 Å². The van der Waals surface area contributed by atoms with Gasteiger partial charge in [0.25, 0.3) is 0 Å². The molecule has 5 nitrogen and oxygen atoms in total. The molecule has 27 heavy (non-hydrogen) atoms. The summed E-state index contributed by atoms with van der Waals surface area (Å²) in [5, 5.41) is 2.08. The minimum absolute atomic E-state index is 0.301. The average Bonchev–Trinajstić information content (AvgIpc) is 3.22. The number of fused-ring (bicyclic) bond motifs is 1. The fourth-order valence-corrected chi connectivity index (χ4v) is 4.34. The minimum atomic E-state index is -0.355. The van der Waals surface area contributed by atoms with Gasteiger partial charge in [0.15, 0.2) is 0 Å². The lowest BCUT2D eigenvalue weighted by molar-refractivity contribution is 0.111. The summed E-state index contributed by atoms with van der Waals surface area (Å²) < 4.78 is 5.64. The molecule has 2 atom stereocenters. The molecular formula is C21H24N4OS. The fourth-order valence-electron chi connectivity index (χ4n) is 3.63. The predicted molar refractivity (Wildman–Crippen MR) is 110 cm³/mol. The molecule has 140 valence electrons. The van der Waals surface area contributed by atoms with Crippen molar-refractivity contribution in [3.05, 3.63) is 82.0 Å². The van der Waals surface area contributed by atoms with Gasteiger partial charge in [-0.1, -0.05) is 48.5 Å². The normalized spacial score (nSPS) is 19.7. The standard InChI is InChI=1S/C21H24N4OS/c1-26-18-11-5-10-17-19(18)24(14-16-9-6-12-27-16)21(23)25(20(17)22)13-15-7-3-2-4-8-15/h2-12,20-21H,13-14,22-23H2,1H3. The van der Waals surface area contributed by atoms with E-state index in [0.717, 1.165) is 17.0 Å². The van der Waals surface area contributed by atoms with Gasteiger partial charge < -0.3 is 15.4 Å². The number of benzene rings is 2. The van der Waals surface area contributed by atoms with Gasteiger partial charge in [-0.25, -0.2) is 4.90 Å². The second-order valence-electron chi connectivity index (χ2n) is 6.62. The lowest BCUT2D eigenvalue weighted by Crippen LogP contribution is -2.59. The van der Waals surface area contributed by atoms with Gasteiger partial charge >= 0.3 is 0 Å². The van der Waals surface area contributed by atoms with E-state index in [1.807, 2.05) is 30.3 Å². The van der Waals surface area contributed by atoms with Crippen molar-refractivity contribution in [2.75, 3.05) is 12.0 Å². The minimum Gasteiger partial charge on any atom is -0.495 e. The Labute approximate surface area is 163 Å². The largest absolute Gasteiger partial charge is 0.495 e. The van der Waals surface area contributed by atoms with Crippen LogP contribution < -0.4 is 21.1 Å². The van der Waals surface area contributed by atoms with Crippen molar-refractivity contribution in [2.45, 2.75) is 25.5 Å². The van der Waals surface area contributed by atoms with Crippen LogP contribution in [-0.2, 0) is 13.1 Å². The van der Waals surface area contributed by atoms with Gasteiger partial charge in [0.05, 0.1) is 25.5 Å². The predicted octanol–water partition coefficient (Wildman–Crippen LogP) is 3.48. The number of anilines is 1. The van der Waals surface area contributed by atoms with E-state index in [4.69, 9.17) is 16.2 Å². The van der Waals surface area contributed by atoms with E-state index in [-0.39, 0.29) is 12.5 Å². The van der Waals surface area contributed by atoms with Crippen molar-refractivity contribution in [2.24, 2.45) is 11.5 Å². The topological polar surface area (TPSA) is 67.8 Å². The monoisotopic (exact) mass is 380 g/mol. The molecule has 4 N–H and O–H groups in total. The number of nitrogens with zero attached hydrogens (tertiary/aromatic N) is 2. The summed E-state index contributed by atoms with van der Waals surface area (Å²) in [6.07, 6.45) is -0.656. The Morgan fingerprint density at radius 1 is 0.963 bits per heavy atom. The molecule has 0 amide bonds. The third-order valence-corrected chi connectivity index (χ3v) is 5.85. The molecule has 0 bridgehead atoms. The van der Waals surface area contributed by atoms with Crippen LogP contribution in [0.1, 0.15) is 22.2 Å². The maximum absolute atomic E-state index is 6.74. The zero-order valence-corrected chi connectivity index (χ0v) is 16.1. The number of methoxy groups -OCH3 is 1. The van der Waals surface area contributed by atoms with E-state index in [0.29, 0.717) is 13.1 Å². The molecule has 1 aromatic heterocycles. The van der Waals surface area contributed by atoms with Gasteiger partial charge in [-0.2, -0.15) is 0 Å². The van der Waals surface area contributed by atoms with Crippen molar-refractivity contribution >= 4 is 17.0 Å². The first kappa shape index (κ1) is 18.0. The molecule has 6 heteroatoms. The lowest BCUT2D eigenvalue weighted by Gasteiger charge is -2.47. The number of hydrogen-bond donors (Lipinski definition) is 2. The first-order chi connectivity index (χ1) is 13.2. The maximum Gasteiger partial charge on any atom is 0.142 e. The van der Waals surface area contributed by atoms with Gasteiger partial charge in [-0.15, -0.1) is 11.3 Å². The molecule has 1 aliphatic heterocycles. The molecule has 2 heterocycles. The highest BCUT2D eigenvalue weighted by molar-refractivity contribution is 7.09. The molecule has 0 saturated carbocycles. The van der Waals surface area contributed by atoms with Crippen LogP contribution in [0, 0.1) is 0 Å². The highest BCUT2D eigenvalue weighted by Gasteiger charge is 2.37. The van der Waals surface area contributed by atoms with E-state index >= 15 is 0 Å². The molecule has 3 aromatic rings. The second kappa shape index (κ2) is 7.70. The molecule has 0 saturated heterocycles. The Morgan fingerprint density at radius 3 is 2.48 bits per heavy atom. The van der Waals surface area contributed by atoms with Crippen molar-refractivity contribution in [3.63, 3.8) is 0 Å².